The summed E-state index contributed by atoms with van der Waals surface area (Å²) in [5, 5.41) is 4.66. The number of carbonyl (C=O) groups excluding carboxylic acids is 2. The van der Waals surface area contributed by atoms with Crippen molar-refractivity contribution in [1.82, 2.24) is 14.7 Å². The summed E-state index contributed by atoms with van der Waals surface area (Å²) in [4.78, 5) is 28.9. The van der Waals surface area contributed by atoms with E-state index >= 15 is 0 Å². The molecule has 0 fully saturated rings. The summed E-state index contributed by atoms with van der Waals surface area (Å²) in [5.74, 6) is -0.509. The number of aliphatic imine (C=N–C) groups is 1. The Morgan fingerprint density at radius 1 is 1.43 bits per heavy atom. The fourth-order valence-corrected chi connectivity index (χ4v) is 2.64. The van der Waals surface area contributed by atoms with Crippen LogP contribution in [0.4, 0.5) is 0 Å². The third-order valence-corrected chi connectivity index (χ3v) is 3.85. The Kier molecular flexibility index (Phi) is 4.79. The number of amides is 2. The molecule has 112 valence electrons. The lowest BCUT2D eigenvalue weighted by molar-refractivity contribution is -0.122. The second kappa shape index (κ2) is 6.57. The Balaban J connectivity index is 2.22. The number of likely N-dealkylation sites (N-methyl/N-ethyl adjacent to an activating group) is 1. The molecule has 0 saturated carbocycles. The van der Waals surface area contributed by atoms with Crippen molar-refractivity contribution in [3.8, 4) is 0 Å². The number of hydrogen-bond acceptors (Lipinski definition) is 5. The lowest BCUT2D eigenvalue weighted by Crippen LogP contribution is -2.31. The minimum absolute atomic E-state index is 0.101. The van der Waals surface area contributed by atoms with Crippen LogP contribution < -0.4 is 5.73 Å². The maximum atomic E-state index is 12.3. The van der Waals surface area contributed by atoms with Gasteiger partial charge in [-0.15, -0.1) is 0 Å². The van der Waals surface area contributed by atoms with Gasteiger partial charge in [-0.1, -0.05) is 11.8 Å². The van der Waals surface area contributed by atoms with E-state index in [0.717, 1.165) is 12.1 Å². The molecule has 2 heterocycles. The summed E-state index contributed by atoms with van der Waals surface area (Å²) in [5.41, 5.74) is 6.29. The number of amidine groups is 1. The first-order valence-electron chi connectivity index (χ1n) is 6.61. The van der Waals surface area contributed by atoms with E-state index in [1.807, 2.05) is 20.0 Å². The minimum Gasteiger partial charge on any atom is -0.369 e. The number of carbonyl (C=O) groups is 2. The molecule has 1 aromatic heterocycles. The van der Waals surface area contributed by atoms with Gasteiger partial charge in [0.05, 0.1) is 11.9 Å². The standard InChI is InChI=1S/C13H17N5O2S/c1-3-17-7-9(6-15-17)5-10-12(20)18(4-2)13(16-10)21-8-11(14)19/h5-7H,3-4,8H2,1-2H3,(H2,14,19). The third kappa shape index (κ3) is 3.52. The van der Waals surface area contributed by atoms with Crippen LogP contribution in [0, 0.1) is 0 Å². The average Bonchev–Trinajstić information content (AvgIpc) is 3.02. The molecule has 0 unspecified atom stereocenters. The third-order valence-electron chi connectivity index (χ3n) is 2.85. The number of hydrogen-bond donors (Lipinski definition) is 1. The number of thioether (sulfide) groups is 1. The van der Waals surface area contributed by atoms with Gasteiger partial charge in [-0.2, -0.15) is 5.10 Å². The molecule has 7 nitrogen and oxygen atoms in total. The normalized spacial score (nSPS) is 16.7. The summed E-state index contributed by atoms with van der Waals surface area (Å²) in [6, 6.07) is 0. The SMILES string of the molecule is CCN1C(=O)C(=Cc2cnn(CC)c2)N=C1SCC(N)=O. The number of rotatable bonds is 5. The molecule has 1 aliphatic rings. The number of nitrogens with two attached hydrogens (primary N) is 1. The Morgan fingerprint density at radius 3 is 2.76 bits per heavy atom. The predicted molar refractivity (Wildman–Crippen MR) is 82.4 cm³/mol. The van der Waals surface area contributed by atoms with E-state index in [2.05, 4.69) is 10.1 Å². The van der Waals surface area contributed by atoms with Gasteiger partial charge in [-0.05, 0) is 19.9 Å². The van der Waals surface area contributed by atoms with E-state index in [-0.39, 0.29) is 11.7 Å². The van der Waals surface area contributed by atoms with Gasteiger partial charge in [0.1, 0.15) is 5.70 Å². The molecule has 2 rings (SSSR count). The molecule has 0 saturated heterocycles. The molecular formula is C13H17N5O2S. The first kappa shape index (κ1) is 15.3. The average molecular weight is 307 g/mol. The largest absolute Gasteiger partial charge is 0.369 e. The zero-order chi connectivity index (χ0) is 15.4. The molecule has 1 aliphatic heterocycles. The smallest absolute Gasteiger partial charge is 0.278 e. The van der Waals surface area contributed by atoms with Crippen molar-refractivity contribution >= 4 is 34.8 Å². The van der Waals surface area contributed by atoms with Gasteiger partial charge >= 0.3 is 0 Å². The molecule has 0 atom stereocenters. The fourth-order valence-electron chi connectivity index (χ4n) is 1.84. The van der Waals surface area contributed by atoms with Crippen LogP contribution in [0.25, 0.3) is 6.08 Å². The summed E-state index contributed by atoms with van der Waals surface area (Å²) in [7, 11) is 0. The van der Waals surface area contributed by atoms with Gasteiger partial charge in [-0.25, -0.2) is 4.99 Å². The molecule has 1 aromatic rings. The molecule has 8 heteroatoms. The van der Waals surface area contributed by atoms with Crippen molar-refractivity contribution in [3.05, 3.63) is 23.7 Å². The predicted octanol–water partition coefficient (Wildman–Crippen LogP) is 0.680. The van der Waals surface area contributed by atoms with Crippen LogP contribution in [-0.2, 0) is 16.1 Å². The van der Waals surface area contributed by atoms with E-state index in [1.54, 1.807) is 17.0 Å². The van der Waals surface area contributed by atoms with Crippen molar-refractivity contribution in [2.45, 2.75) is 20.4 Å². The second-order valence-corrected chi connectivity index (χ2v) is 5.30. The summed E-state index contributed by atoms with van der Waals surface area (Å²) in [6.45, 7) is 5.10. The van der Waals surface area contributed by atoms with E-state index in [9.17, 15) is 9.59 Å². The molecule has 0 aliphatic carbocycles. The first-order chi connectivity index (χ1) is 10.0. The summed E-state index contributed by atoms with van der Waals surface area (Å²) < 4.78 is 1.77. The number of aromatic nitrogens is 2. The van der Waals surface area contributed by atoms with Crippen LogP contribution in [0.2, 0.25) is 0 Å². The Morgan fingerprint density at radius 2 is 2.19 bits per heavy atom. The fraction of sp³-hybridized carbons (Fsp3) is 0.385. The quantitative estimate of drug-likeness (QED) is 0.809. The zero-order valence-electron chi connectivity index (χ0n) is 11.9. The van der Waals surface area contributed by atoms with Gasteiger partial charge in [0.25, 0.3) is 5.91 Å². The second-order valence-electron chi connectivity index (χ2n) is 4.36. The number of primary amides is 1. The molecular weight excluding hydrogens is 290 g/mol. The van der Waals surface area contributed by atoms with Gasteiger partial charge in [0.2, 0.25) is 5.91 Å². The van der Waals surface area contributed by atoms with E-state index < -0.39 is 5.91 Å². The number of aryl methyl sites for hydroxylation is 1. The van der Waals surface area contributed by atoms with Crippen molar-refractivity contribution in [2.75, 3.05) is 12.3 Å². The number of nitrogens with zero attached hydrogens (tertiary/aromatic N) is 4. The van der Waals surface area contributed by atoms with Crippen LogP contribution in [-0.4, -0.2) is 44.0 Å². The molecule has 0 aromatic carbocycles. The van der Waals surface area contributed by atoms with E-state index in [1.165, 1.54) is 16.7 Å². The molecule has 2 amide bonds. The maximum absolute atomic E-state index is 12.3. The van der Waals surface area contributed by atoms with Crippen molar-refractivity contribution in [1.29, 1.82) is 0 Å². The highest BCUT2D eigenvalue weighted by atomic mass is 32.2. The van der Waals surface area contributed by atoms with Crippen LogP contribution in [0.1, 0.15) is 19.4 Å². The van der Waals surface area contributed by atoms with E-state index in [0.29, 0.717) is 17.4 Å². The summed E-state index contributed by atoms with van der Waals surface area (Å²) >= 11 is 1.17. The molecule has 0 spiro atoms. The van der Waals surface area contributed by atoms with Gasteiger partial charge in [0, 0.05) is 24.8 Å². The van der Waals surface area contributed by atoms with Gasteiger partial charge in [-0.3, -0.25) is 19.2 Å². The Bertz CT molecular complexity index is 620. The topological polar surface area (TPSA) is 93.6 Å². The van der Waals surface area contributed by atoms with Crippen LogP contribution >= 0.6 is 11.8 Å². The van der Waals surface area contributed by atoms with Crippen LogP contribution in [0.5, 0.6) is 0 Å². The first-order valence-corrected chi connectivity index (χ1v) is 7.59. The molecule has 21 heavy (non-hydrogen) atoms. The zero-order valence-corrected chi connectivity index (χ0v) is 12.8. The highest BCUT2D eigenvalue weighted by Crippen LogP contribution is 2.23. The van der Waals surface area contributed by atoms with Crippen molar-refractivity contribution < 1.29 is 9.59 Å². The summed E-state index contributed by atoms with van der Waals surface area (Å²) in [6.07, 6.45) is 5.23. The van der Waals surface area contributed by atoms with Crippen molar-refractivity contribution in [3.63, 3.8) is 0 Å². The molecule has 0 radical (unpaired) electrons. The maximum Gasteiger partial charge on any atom is 0.278 e. The van der Waals surface area contributed by atoms with Crippen LogP contribution in [0.3, 0.4) is 0 Å². The molecule has 2 N–H and O–H groups in total. The lowest BCUT2D eigenvalue weighted by Gasteiger charge is -2.13. The van der Waals surface area contributed by atoms with Crippen LogP contribution in [0.15, 0.2) is 23.1 Å². The Labute approximate surface area is 126 Å². The minimum atomic E-state index is -0.437. The van der Waals surface area contributed by atoms with E-state index in [4.69, 9.17) is 5.73 Å². The highest BCUT2D eigenvalue weighted by Gasteiger charge is 2.29. The Hall–Kier alpha value is -2.09. The lowest BCUT2D eigenvalue weighted by atomic mass is 10.3. The highest BCUT2D eigenvalue weighted by molar-refractivity contribution is 8.14. The monoisotopic (exact) mass is 307 g/mol. The van der Waals surface area contributed by atoms with Crippen molar-refractivity contribution in [2.24, 2.45) is 10.7 Å². The molecule has 0 bridgehead atoms. The van der Waals surface area contributed by atoms with Gasteiger partial charge in [0.15, 0.2) is 5.17 Å². The van der Waals surface area contributed by atoms with Gasteiger partial charge < -0.3 is 5.73 Å².